The molecule has 1 aromatic rings. The maximum atomic E-state index is 13.4. The zero-order valence-electron chi connectivity index (χ0n) is 22.5. The molecular formula is C26H30ClF3N4O7. The molecule has 224 valence electrons. The molecule has 1 aromatic carbocycles. The fourth-order valence-corrected chi connectivity index (χ4v) is 5.29. The van der Waals surface area contributed by atoms with Crippen molar-refractivity contribution in [1.82, 2.24) is 15.1 Å². The van der Waals surface area contributed by atoms with Gasteiger partial charge in [0.05, 0.1) is 10.6 Å². The van der Waals surface area contributed by atoms with Crippen molar-refractivity contribution in [2.75, 3.05) is 0 Å². The van der Waals surface area contributed by atoms with Crippen LogP contribution in [0.25, 0.3) is 0 Å². The second-order valence-electron chi connectivity index (χ2n) is 10.8. The normalized spacial score (nSPS) is 22.0. The van der Waals surface area contributed by atoms with Gasteiger partial charge < -0.3 is 25.4 Å². The van der Waals surface area contributed by atoms with Gasteiger partial charge in [0.2, 0.25) is 12.2 Å². The molecule has 2 fully saturated rings. The number of imide groups is 3. The molecule has 2 unspecified atom stereocenters. The van der Waals surface area contributed by atoms with E-state index >= 15 is 0 Å². The maximum Gasteiger partial charge on any atom is 0.428 e. The smallest absolute Gasteiger partial charge is 0.424 e. The van der Waals surface area contributed by atoms with E-state index in [1.165, 1.54) is 17.9 Å². The van der Waals surface area contributed by atoms with Crippen LogP contribution >= 0.6 is 11.6 Å². The van der Waals surface area contributed by atoms with Gasteiger partial charge in [-0.15, -0.1) is 0 Å². The Morgan fingerprint density at radius 1 is 1.12 bits per heavy atom. The Hall–Kier alpha value is -3.39. The fraction of sp³-hybridized carbons (Fsp3) is 0.577. The highest BCUT2D eigenvalue weighted by Crippen LogP contribution is 2.46. The van der Waals surface area contributed by atoms with E-state index in [-0.39, 0.29) is 42.7 Å². The minimum absolute atomic E-state index is 0.0400. The van der Waals surface area contributed by atoms with Crippen molar-refractivity contribution >= 4 is 41.5 Å². The Balaban J connectivity index is 1.40. The number of carbonyl (C=O) groups is 5. The van der Waals surface area contributed by atoms with Crippen LogP contribution in [-0.4, -0.2) is 57.6 Å². The minimum atomic E-state index is -4.64. The summed E-state index contributed by atoms with van der Waals surface area (Å²) in [6.07, 6.45) is -6.67. The van der Waals surface area contributed by atoms with Gasteiger partial charge in [-0.3, -0.25) is 14.4 Å². The first-order valence-corrected chi connectivity index (χ1v) is 13.4. The zero-order chi connectivity index (χ0) is 30.4. The lowest BCUT2D eigenvalue weighted by atomic mass is 9.87. The molecule has 0 aromatic heterocycles. The molecule has 5 amide bonds. The molecule has 2 aliphatic heterocycles. The largest absolute Gasteiger partial charge is 0.428 e. The number of carbonyl (C=O) groups excluding carboxylic acids is 5. The molecule has 3 atom stereocenters. The summed E-state index contributed by atoms with van der Waals surface area (Å²) in [5.41, 5.74) is 3.99. The molecule has 3 N–H and O–H groups in total. The van der Waals surface area contributed by atoms with Crippen molar-refractivity contribution < 1.29 is 46.6 Å². The standard InChI is InChI=1S/C26H30ClF3N4O7/c1-12(2)20(31)21(36)40-13(3)41-24(39)34-22(37)25(16-4-5-16,32-23(34)38)7-6-19(35)33-10-14-8-17(26(28,29)30)18(27)9-15(14)11-33/h8-9,12-13,16,20H,4-7,10-11,31H2,1-3H3,(H,32,38)/t13?,20?,25-/m0/s1. The first-order chi connectivity index (χ1) is 19.0. The minimum Gasteiger partial charge on any atom is -0.424 e. The number of amides is 5. The number of benzene rings is 1. The van der Waals surface area contributed by atoms with Crippen molar-refractivity contribution in [3.63, 3.8) is 0 Å². The number of rotatable bonds is 8. The number of alkyl halides is 3. The molecule has 0 bridgehead atoms. The van der Waals surface area contributed by atoms with Gasteiger partial charge in [0, 0.05) is 26.4 Å². The van der Waals surface area contributed by atoms with Crippen molar-refractivity contribution in [2.24, 2.45) is 17.6 Å². The molecule has 0 spiro atoms. The molecule has 11 nitrogen and oxygen atoms in total. The molecule has 1 aliphatic carbocycles. The number of fused-ring (bicyclic) bond motifs is 1. The first kappa shape index (κ1) is 30.6. The Morgan fingerprint density at radius 2 is 1.73 bits per heavy atom. The van der Waals surface area contributed by atoms with Gasteiger partial charge in [0.15, 0.2) is 0 Å². The summed E-state index contributed by atoms with van der Waals surface area (Å²) in [5.74, 6) is -2.75. The summed E-state index contributed by atoms with van der Waals surface area (Å²) in [6, 6.07) is 0.104. The Labute approximate surface area is 238 Å². The Morgan fingerprint density at radius 3 is 2.29 bits per heavy atom. The van der Waals surface area contributed by atoms with E-state index in [0.717, 1.165) is 6.07 Å². The van der Waals surface area contributed by atoms with Crippen LogP contribution in [0.5, 0.6) is 0 Å². The first-order valence-electron chi connectivity index (χ1n) is 13.0. The third kappa shape index (κ3) is 6.13. The van der Waals surface area contributed by atoms with Gasteiger partial charge in [-0.1, -0.05) is 25.4 Å². The number of halogens is 4. The second kappa shape index (κ2) is 11.1. The van der Waals surface area contributed by atoms with E-state index in [1.807, 2.05) is 0 Å². The van der Waals surface area contributed by atoms with Crippen LogP contribution in [0.3, 0.4) is 0 Å². The van der Waals surface area contributed by atoms with Crippen LogP contribution in [0.1, 0.15) is 63.1 Å². The second-order valence-corrected chi connectivity index (χ2v) is 11.2. The van der Waals surface area contributed by atoms with Crippen LogP contribution in [0.4, 0.5) is 22.8 Å². The van der Waals surface area contributed by atoms with Gasteiger partial charge in [0.25, 0.3) is 5.91 Å². The predicted octanol–water partition coefficient (Wildman–Crippen LogP) is 3.69. The van der Waals surface area contributed by atoms with E-state index < -0.39 is 64.5 Å². The van der Waals surface area contributed by atoms with Gasteiger partial charge in [0.1, 0.15) is 11.6 Å². The van der Waals surface area contributed by atoms with Crippen molar-refractivity contribution in [2.45, 2.75) is 83.6 Å². The topological polar surface area (TPSA) is 148 Å². The highest BCUT2D eigenvalue weighted by Gasteiger charge is 2.61. The number of nitrogens with one attached hydrogen (secondary N) is 1. The van der Waals surface area contributed by atoms with Crippen LogP contribution in [0.2, 0.25) is 5.02 Å². The van der Waals surface area contributed by atoms with Gasteiger partial charge >= 0.3 is 24.3 Å². The lowest BCUT2D eigenvalue weighted by molar-refractivity contribution is -0.168. The molecule has 0 radical (unpaired) electrons. The highest BCUT2D eigenvalue weighted by atomic mass is 35.5. The van der Waals surface area contributed by atoms with Crippen molar-refractivity contribution in [3.05, 3.63) is 33.8 Å². The molecule has 41 heavy (non-hydrogen) atoms. The summed E-state index contributed by atoms with van der Waals surface area (Å²) < 4.78 is 49.7. The van der Waals surface area contributed by atoms with Crippen molar-refractivity contribution in [1.29, 1.82) is 0 Å². The molecule has 4 rings (SSSR count). The van der Waals surface area contributed by atoms with Gasteiger partial charge in [-0.25, -0.2) is 9.59 Å². The van der Waals surface area contributed by atoms with Crippen LogP contribution < -0.4 is 11.1 Å². The molecule has 1 saturated carbocycles. The third-order valence-corrected chi connectivity index (χ3v) is 7.83. The molecule has 3 aliphatic rings. The summed E-state index contributed by atoms with van der Waals surface area (Å²) in [5, 5.41) is 2.09. The van der Waals surface area contributed by atoms with Crippen molar-refractivity contribution in [3.8, 4) is 0 Å². The van der Waals surface area contributed by atoms with E-state index in [2.05, 4.69) is 5.32 Å². The lowest BCUT2D eigenvalue weighted by Crippen LogP contribution is -2.50. The predicted molar refractivity (Wildman–Crippen MR) is 136 cm³/mol. The summed E-state index contributed by atoms with van der Waals surface area (Å²) in [7, 11) is 0. The Bertz CT molecular complexity index is 1290. The van der Waals surface area contributed by atoms with Gasteiger partial charge in [-0.05, 0) is 54.4 Å². The average molecular weight is 603 g/mol. The fourth-order valence-electron chi connectivity index (χ4n) is 4.99. The monoisotopic (exact) mass is 602 g/mol. The quantitative estimate of drug-likeness (QED) is 0.260. The highest BCUT2D eigenvalue weighted by molar-refractivity contribution is 6.31. The summed E-state index contributed by atoms with van der Waals surface area (Å²) >= 11 is 5.80. The van der Waals surface area contributed by atoms with E-state index in [4.69, 9.17) is 26.8 Å². The number of urea groups is 1. The number of ether oxygens (including phenoxy) is 2. The SMILES string of the molecule is CC(OC(=O)C(N)C(C)C)OC(=O)N1C(=O)N[C@@](CCC(=O)N2Cc3cc(Cl)c(C(F)(F)F)cc3C2)(C2CC2)C1=O. The number of esters is 1. The maximum absolute atomic E-state index is 13.4. The average Bonchev–Trinajstić information content (AvgIpc) is 3.58. The number of nitrogens with two attached hydrogens (primary N) is 1. The molecule has 1 saturated heterocycles. The van der Waals surface area contributed by atoms with E-state index in [9.17, 15) is 37.1 Å². The third-order valence-electron chi connectivity index (χ3n) is 7.52. The van der Waals surface area contributed by atoms with E-state index in [0.29, 0.717) is 24.0 Å². The number of nitrogens with zero attached hydrogens (tertiary/aromatic N) is 2. The van der Waals surface area contributed by atoms with Gasteiger partial charge in [-0.2, -0.15) is 18.1 Å². The zero-order valence-corrected chi connectivity index (χ0v) is 23.3. The van der Waals surface area contributed by atoms with Crippen LogP contribution in [-0.2, 0) is 43.1 Å². The number of hydrogen-bond donors (Lipinski definition) is 2. The van der Waals surface area contributed by atoms with Crippen LogP contribution in [0.15, 0.2) is 12.1 Å². The molecule has 2 heterocycles. The Kier molecular flexibility index (Phi) is 8.29. The van der Waals surface area contributed by atoms with Crippen LogP contribution in [0, 0.1) is 11.8 Å². The summed E-state index contributed by atoms with van der Waals surface area (Å²) in [6.45, 7) is 4.59. The van der Waals surface area contributed by atoms with E-state index in [1.54, 1.807) is 13.8 Å². The lowest BCUT2D eigenvalue weighted by Gasteiger charge is -2.27. The number of hydrogen-bond acceptors (Lipinski definition) is 8. The summed E-state index contributed by atoms with van der Waals surface area (Å²) in [4.78, 5) is 65.6. The molecule has 15 heteroatoms. The molecular weight excluding hydrogens is 573 g/mol.